The lowest BCUT2D eigenvalue weighted by atomic mass is 10.0. The zero-order chi connectivity index (χ0) is 38.2. The van der Waals surface area contributed by atoms with Crippen molar-refractivity contribution in [2.45, 2.75) is 76.9 Å². The van der Waals surface area contributed by atoms with Crippen LogP contribution in [0.5, 0.6) is 23.5 Å². The summed E-state index contributed by atoms with van der Waals surface area (Å²) < 4.78 is 23.2. The molecule has 286 valence electrons. The average Bonchev–Trinajstić information content (AvgIpc) is 3.18. The molecule has 0 saturated carbocycles. The van der Waals surface area contributed by atoms with Crippen molar-refractivity contribution < 1.29 is 38.7 Å². The predicted molar refractivity (Wildman–Crippen MR) is 204 cm³/mol. The molecule has 2 saturated heterocycles. The first-order valence-corrected chi connectivity index (χ1v) is 18.7. The lowest BCUT2D eigenvalue weighted by Gasteiger charge is -2.33. The van der Waals surface area contributed by atoms with E-state index in [0.29, 0.717) is 72.6 Å². The number of hydrogen-bond acceptors (Lipinski definition) is 10. The molecule has 2 unspecified atom stereocenters. The molecule has 0 aliphatic carbocycles. The lowest BCUT2D eigenvalue weighted by molar-refractivity contribution is -0.145. The minimum atomic E-state index is -0.814. The Labute approximate surface area is 324 Å². The molecule has 2 aliphatic rings. The molecule has 2 N–H and O–H groups in total. The molecule has 4 aromatic rings. The summed E-state index contributed by atoms with van der Waals surface area (Å²) in [5.74, 6) is -0.183. The second-order valence-corrected chi connectivity index (χ2v) is 14.2. The van der Waals surface area contributed by atoms with Gasteiger partial charge in [0.1, 0.15) is 25.3 Å². The summed E-state index contributed by atoms with van der Waals surface area (Å²) in [5, 5.41) is 20.3. The molecule has 12 nitrogen and oxygen atoms in total. The molecule has 2 aliphatic heterocycles. The molecular weight excluding hydrogens is 735 g/mol. The largest absolute Gasteiger partial charge is 0.481 e. The summed E-state index contributed by atoms with van der Waals surface area (Å²) in [7, 11) is 3.06. The number of carboxylic acid groups (broad SMARTS) is 2. The normalized spacial score (nSPS) is 17.9. The van der Waals surface area contributed by atoms with E-state index in [4.69, 9.17) is 42.1 Å². The lowest BCUT2D eigenvalue weighted by Crippen LogP contribution is -2.44. The van der Waals surface area contributed by atoms with E-state index in [9.17, 15) is 19.8 Å². The van der Waals surface area contributed by atoms with Gasteiger partial charge in [0.2, 0.25) is 23.5 Å². The summed E-state index contributed by atoms with van der Waals surface area (Å²) in [6.07, 6.45) is 4.94. The first-order chi connectivity index (χ1) is 26.2. The van der Waals surface area contributed by atoms with Gasteiger partial charge in [-0.25, -0.2) is 0 Å². The topological polar surface area (TPSA) is 144 Å². The van der Waals surface area contributed by atoms with Gasteiger partial charge < -0.3 is 29.2 Å². The van der Waals surface area contributed by atoms with Gasteiger partial charge in [-0.05, 0) is 50.9 Å². The standard InChI is InChI=1S/C40H44Cl2N4O8/c1-51-37-25(21-45-19-5-3-13-31(45)39(47)48)15-17-33(43-37)53-23-27-9-7-11-29(35(27)41)30-12-8-10-28(36(30)42)24-54-34-18-16-26(38(44-34)52-2)22-46-20-6-4-14-32(46)40(49)50/h7-12,15-18,31-32H,3-6,13-14,19-24H2,1-2H3,(H,47,48)(H,49,50). The van der Waals surface area contributed by atoms with Crippen LogP contribution in [0.25, 0.3) is 11.1 Å². The van der Waals surface area contributed by atoms with Crippen LogP contribution in [0.15, 0.2) is 60.7 Å². The third kappa shape index (κ3) is 9.18. The number of halogens is 2. The number of methoxy groups -OCH3 is 2. The molecule has 0 radical (unpaired) electrons. The quantitative estimate of drug-likeness (QED) is 0.123. The third-order valence-electron chi connectivity index (χ3n) is 9.96. The predicted octanol–water partition coefficient (Wildman–Crippen LogP) is 7.50. The average molecular weight is 780 g/mol. The molecule has 2 aromatic heterocycles. The molecular formula is C40H44Cl2N4O8. The number of piperidine rings is 2. The highest BCUT2D eigenvalue weighted by atomic mass is 35.5. The Morgan fingerprint density at radius 1 is 0.648 bits per heavy atom. The van der Waals surface area contributed by atoms with Crippen LogP contribution >= 0.6 is 23.2 Å². The third-order valence-corrected chi connectivity index (χ3v) is 10.8. The van der Waals surface area contributed by atoms with Crippen molar-refractivity contribution in [3.63, 3.8) is 0 Å². The highest BCUT2D eigenvalue weighted by Crippen LogP contribution is 2.38. The first-order valence-electron chi connectivity index (χ1n) is 18.0. The SMILES string of the molecule is COc1nc(OCc2cccc(-c3cccc(COc4ccc(CN5CCCCC5C(=O)O)c(OC)n4)c3Cl)c2Cl)ccc1CN1CCCCC1C(=O)O. The Morgan fingerprint density at radius 2 is 1.07 bits per heavy atom. The number of hydrogen-bond donors (Lipinski definition) is 2. The van der Waals surface area contributed by atoms with Crippen LogP contribution in [-0.4, -0.2) is 81.3 Å². The number of carbonyl (C=O) groups is 2. The van der Waals surface area contributed by atoms with Gasteiger partial charge in [-0.2, -0.15) is 9.97 Å². The van der Waals surface area contributed by atoms with E-state index in [1.54, 1.807) is 12.1 Å². The van der Waals surface area contributed by atoms with E-state index in [0.717, 1.165) is 59.1 Å². The summed E-state index contributed by atoms with van der Waals surface area (Å²) in [6.45, 7) is 2.50. The van der Waals surface area contributed by atoms with E-state index in [2.05, 4.69) is 9.97 Å². The molecule has 0 spiro atoms. The van der Waals surface area contributed by atoms with E-state index in [-0.39, 0.29) is 13.2 Å². The van der Waals surface area contributed by atoms with Crippen LogP contribution < -0.4 is 18.9 Å². The van der Waals surface area contributed by atoms with Crippen molar-refractivity contribution in [3.05, 3.63) is 93.0 Å². The van der Waals surface area contributed by atoms with Crippen molar-refractivity contribution in [2.75, 3.05) is 27.3 Å². The van der Waals surface area contributed by atoms with Crippen LogP contribution in [-0.2, 0) is 35.9 Å². The Bertz CT molecular complexity index is 1820. The van der Waals surface area contributed by atoms with Crippen molar-refractivity contribution in [3.8, 4) is 34.6 Å². The highest BCUT2D eigenvalue weighted by molar-refractivity contribution is 6.37. The Hall–Kier alpha value is -4.62. The van der Waals surface area contributed by atoms with Gasteiger partial charge in [0.15, 0.2) is 0 Å². The maximum atomic E-state index is 11.8. The van der Waals surface area contributed by atoms with Gasteiger partial charge in [0.05, 0.1) is 24.3 Å². The molecule has 4 heterocycles. The van der Waals surface area contributed by atoms with Crippen LogP contribution in [0.1, 0.15) is 60.8 Å². The van der Waals surface area contributed by atoms with Crippen LogP contribution in [0.3, 0.4) is 0 Å². The minimum absolute atomic E-state index is 0.133. The van der Waals surface area contributed by atoms with Gasteiger partial charge >= 0.3 is 11.9 Å². The summed E-state index contributed by atoms with van der Waals surface area (Å²) >= 11 is 13.9. The number of ether oxygens (including phenoxy) is 4. The van der Waals surface area contributed by atoms with Gasteiger partial charge in [0, 0.05) is 58.6 Å². The van der Waals surface area contributed by atoms with Crippen molar-refractivity contribution in [2.24, 2.45) is 0 Å². The van der Waals surface area contributed by atoms with Crippen LogP contribution in [0, 0.1) is 0 Å². The van der Waals surface area contributed by atoms with Crippen molar-refractivity contribution >= 4 is 35.1 Å². The van der Waals surface area contributed by atoms with Crippen molar-refractivity contribution in [1.29, 1.82) is 0 Å². The fourth-order valence-electron chi connectivity index (χ4n) is 7.12. The fraction of sp³-hybridized carbons (Fsp3) is 0.400. The van der Waals surface area contributed by atoms with E-state index in [1.807, 2.05) is 58.3 Å². The number of likely N-dealkylation sites (tertiary alicyclic amines) is 2. The van der Waals surface area contributed by atoms with Gasteiger partial charge in [-0.15, -0.1) is 0 Å². The smallest absolute Gasteiger partial charge is 0.320 e. The monoisotopic (exact) mass is 778 g/mol. The summed E-state index contributed by atoms with van der Waals surface area (Å²) in [6, 6.07) is 17.4. The fourth-order valence-corrected chi connectivity index (χ4v) is 7.68. The Balaban J connectivity index is 1.11. The molecule has 6 rings (SSSR count). The van der Waals surface area contributed by atoms with Crippen LogP contribution in [0.2, 0.25) is 10.0 Å². The maximum absolute atomic E-state index is 11.8. The van der Waals surface area contributed by atoms with E-state index < -0.39 is 24.0 Å². The Kier molecular flexibility index (Phi) is 13.1. The minimum Gasteiger partial charge on any atom is -0.481 e. The number of rotatable bonds is 15. The summed E-state index contributed by atoms with van der Waals surface area (Å²) in [4.78, 5) is 36.6. The number of aromatic nitrogens is 2. The highest BCUT2D eigenvalue weighted by Gasteiger charge is 2.30. The molecule has 2 aromatic carbocycles. The van der Waals surface area contributed by atoms with E-state index >= 15 is 0 Å². The molecule has 0 amide bonds. The van der Waals surface area contributed by atoms with Gasteiger partial charge in [-0.3, -0.25) is 19.4 Å². The maximum Gasteiger partial charge on any atom is 0.320 e. The molecule has 2 atom stereocenters. The molecule has 14 heteroatoms. The number of aliphatic carboxylic acids is 2. The number of nitrogens with zero attached hydrogens (tertiary/aromatic N) is 4. The second kappa shape index (κ2) is 18.1. The first kappa shape index (κ1) is 39.1. The molecule has 0 bridgehead atoms. The number of benzene rings is 2. The van der Waals surface area contributed by atoms with Gasteiger partial charge in [0.25, 0.3) is 0 Å². The Morgan fingerprint density at radius 3 is 1.46 bits per heavy atom. The van der Waals surface area contributed by atoms with E-state index in [1.165, 1.54) is 14.2 Å². The number of pyridine rings is 2. The van der Waals surface area contributed by atoms with Gasteiger partial charge in [-0.1, -0.05) is 72.4 Å². The molecule has 54 heavy (non-hydrogen) atoms. The number of carboxylic acids is 2. The molecule has 2 fully saturated rings. The van der Waals surface area contributed by atoms with Crippen molar-refractivity contribution in [1.82, 2.24) is 19.8 Å². The zero-order valence-corrected chi connectivity index (χ0v) is 31.8. The second-order valence-electron chi connectivity index (χ2n) is 13.4. The zero-order valence-electron chi connectivity index (χ0n) is 30.3. The summed E-state index contributed by atoms with van der Waals surface area (Å²) in [5.41, 5.74) is 4.47. The van der Waals surface area contributed by atoms with Crippen LogP contribution in [0.4, 0.5) is 0 Å².